The number of carbonyl (C=O) groups excluding carboxylic acids is 3. The molecule has 158 valence electrons. The molecule has 3 N–H and O–H groups in total. The Morgan fingerprint density at radius 2 is 1.83 bits per heavy atom. The van der Waals surface area contributed by atoms with Gasteiger partial charge in [0, 0.05) is 17.3 Å². The number of hydrazone groups is 1. The molecule has 0 atom stereocenters. The second-order valence-corrected chi connectivity index (χ2v) is 6.76. The molecule has 2 aromatic rings. The van der Waals surface area contributed by atoms with Crippen LogP contribution in [0, 0.1) is 6.92 Å². The Labute approximate surface area is 179 Å². The van der Waals surface area contributed by atoms with Crippen molar-refractivity contribution in [1.82, 2.24) is 10.7 Å². The summed E-state index contributed by atoms with van der Waals surface area (Å²) in [5, 5.41) is 9.47. The molecule has 0 bridgehead atoms. The van der Waals surface area contributed by atoms with E-state index in [0.29, 0.717) is 28.6 Å². The molecule has 30 heavy (non-hydrogen) atoms. The predicted molar refractivity (Wildman–Crippen MR) is 116 cm³/mol. The van der Waals surface area contributed by atoms with Crippen LogP contribution in [-0.2, 0) is 14.4 Å². The minimum Gasteiger partial charge on any atom is -0.484 e. The van der Waals surface area contributed by atoms with E-state index >= 15 is 0 Å². The number of amides is 3. The summed E-state index contributed by atoms with van der Waals surface area (Å²) in [5.74, 6) is -1.38. The van der Waals surface area contributed by atoms with Gasteiger partial charge in [-0.15, -0.1) is 0 Å². The summed E-state index contributed by atoms with van der Waals surface area (Å²) in [6, 6.07) is 12.0. The normalized spacial score (nSPS) is 10.5. The second-order valence-electron chi connectivity index (χ2n) is 6.32. The molecule has 0 saturated carbocycles. The molecular formula is C21H23ClN4O4. The van der Waals surface area contributed by atoms with Gasteiger partial charge in [-0.25, -0.2) is 5.43 Å². The highest BCUT2D eigenvalue weighted by Gasteiger charge is 2.10. The average molecular weight is 431 g/mol. The number of anilines is 1. The van der Waals surface area contributed by atoms with E-state index in [1.165, 1.54) is 6.21 Å². The van der Waals surface area contributed by atoms with E-state index in [2.05, 4.69) is 21.2 Å². The van der Waals surface area contributed by atoms with Crippen LogP contribution in [0.25, 0.3) is 0 Å². The van der Waals surface area contributed by atoms with Crippen molar-refractivity contribution in [3.8, 4) is 5.75 Å². The number of benzene rings is 2. The van der Waals surface area contributed by atoms with Crippen LogP contribution in [0.3, 0.4) is 0 Å². The van der Waals surface area contributed by atoms with Crippen molar-refractivity contribution in [2.45, 2.75) is 20.3 Å². The summed E-state index contributed by atoms with van der Waals surface area (Å²) < 4.78 is 5.46. The Balaban J connectivity index is 1.80. The Morgan fingerprint density at radius 3 is 2.53 bits per heavy atom. The molecule has 0 spiro atoms. The number of nitrogens with zero attached hydrogens (tertiary/aromatic N) is 1. The third-order valence-corrected chi connectivity index (χ3v) is 4.08. The van der Waals surface area contributed by atoms with E-state index in [1.54, 1.807) is 36.4 Å². The van der Waals surface area contributed by atoms with Crippen molar-refractivity contribution in [3.05, 3.63) is 58.6 Å². The number of ether oxygens (including phenoxy) is 1. The summed E-state index contributed by atoms with van der Waals surface area (Å²) in [4.78, 5) is 35.0. The van der Waals surface area contributed by atoms with Crippen LogP contribution in [0.1, 0.15) is 24.5 Å². The average Bonchev–Trinajstić information content (AvgIpc) is 2.74. The number of rotatable bonds is 8. The van der Waals surface area contributed by atoms with E-state index in [0.717, 1.165) is 12.0 Å². The molecule has 0 aliphatic rings. The molecular weight excluding hydrogens is 408 g/mol. The fraction of sp³-hybridized carbons (Fsp3) is 0.238. The molecule has 0 radical (unpaired) electrons. The van der Waals surface area contributed by atoms with Gasteiger partial charge in [-0.05, 0) is 60.9 Å². The van der Waals surface area contributed by atoms with Crippen LogP contribution in [-0.4, -0.2) is 37.1 Å². The summed E-state index contributed by atoms with van der Waals surface area (Å²) in [6.07, 6.45) is 2.13. The van der Waals surface area contributed by atoms with Crippen molar-refractivity contribution in [3.63, 3.8) is 0 Å². The summed E-state index contributed by atoms with van der Waals surface area (Å²) in [7, 11) is 0. The minimum absolute atomic E-state index is 0.164. The number of aryl methyl sites for hydroxylation is 1. The lowest BCUT2D eigenvalue weighted by atomic mass is 10.2. The molecule has 0 aliphatic heterocycles. The highest BCUT2D eigenvalue weighted by molar-refractivity contribution is 6.35. The summed E-state index contributed by atoms with van der Waals surface area (Å²) in [6.45, 7) is 4.01. The lowest BCUT2D eigenvalue weighted by Gasteiger charge is -2.10. The van der Waals surface area contributed by atoms with Gasteiger partial charge in [0.15, 0.2) is 6.61 Å². The van der Waals surface area contributed by atoms with Gasteiger partial charge in [-0.1, -0.05) is 24.6 Å². The molecule has 0 heterocycles. The number of carbonyl (C=O) groups is 3. The van der Waals surface area contributed by atoms with E-state index < -0.39 is 11.8 Å². The lowest BCUT2D eigenvalue weighted by molar-refractivity contribution is -0.139. The number of hydrogen-bond donors (Lipinski definition) is 3. The van der Waals surface area contributed by atoms with Gasteiger partial charge in [-0.3, -0.25) is 14.4 Å². The first-order valence-corrected chi connectivity index (χ1v) is 9.67. The van der Waals surface area contributed by atoms with Crippen molar-refractivity contribution in [2.75, 3.05) is 18.5 Å². The zero-order valence-electron chi connectivity index (χ0n) is 16.7. The molecule has 8 nitrogen and oxygen atoms in total. The maximum Gasteiger partial charge on any atom is 0.329 e. The van der Waals surface area contributed by atoms with Crippen LogP contribution in [0.2, 0.25) is 5.02 Å². The smallest absolute Gasteiger partial charge is 0.329 e. The molecule has 2 rings (SSSR count). The number of hydrogen-bond acceptors (Lipinski definition) is 5. The van der Waals surface area contributed by atoms with Crippen LogP contribution < -0.4 is 20.8 Å². The Hall–Kier alpha value is -3.39. The Morgan fingerprint density at radius 1 is 1.10 bits per heavy atom. The van der Waals surface area contributed by atoms with Crippen LogP contribution in [0.15, 0.2) is 47.6 Å². The predicted octanol–water partition coefficient (Wildman–Crippen LogP) is 2.64. The first-order chi connectivity index (χ1) is 14.4. The van der Waals surface area contributed by atoms with Crippen molar-refractivity contribution >= 4 is 41.2 Å². The molecule has 0 aromatic heterocycles. The van der Waals surface area contributed by atoms with Crippen LogP contribution in [0.5, 0.6) is 5.75 Å². The van der Waals surface area contributed by atoms with Gasteiger partial charge in [0.2, 0.25) is 0 Å². The zero-order chi connectivity index (χ0) is 21.9. The topological polar surface area (TPSA) is 109 Å². The largest absolute Gasteiger partial charge is 0.484 e. The van der Waals surface area contributed by atoms with Gasteiger partial charge in [0.25, 0.3) is 5.91 Å². The third kappa shape index (κ3) is 7.56. The fourth-order valence-electron chi connectivity index (χ4n) is 2.25. The van der Waals surface area contributed by atoms with Gasteiger partial charge < -0.3 is 15.4 Å². The first-order valence-electron chi connectivity index (χ1n) is 9.29. The Bertz CT molecular complexity index is 929. The molecule has 0 aliphatic carbocycles. The first kappa shape index (κ1) is 22.9. The quantitative estimate of drug-likeness (QED) is 0.340. The van der Waals surface area contributed by atoms with Crippen molar-refractivity contribution in [1.29, 1.82) is 0 Å². The summed E-state index contributed by atoms with van der Waals surface area (Å²) in [5.41, 5.74) is 4.35. The highest BCUT2D eigenvalue weighted by atomic mass is 35.5. The maximum absolute atomic E-state index is 12.1. The molecule has 9 heteroatoms. The van der Waals surface area contributed by atoms with Gasteiger partial charge in [-0.2, -0.15) is 5.10 Å². The SMILES string of the molecule is CCCNC(=O)C(=O)N/N=C\c1ccc(OCC(=O)Nc2cc(Cl)ccc2C)cc1. The second kappa shape index (κ2) is 11.6. The lowest BCUT2D eigenvalue weighted by Crippen LogP contribution is -2.38. The molecule has 0 fully saturated rings. The fourth-order valence-corrected chi connectivity index (χ4v) is 2.42. The van der Waals surface area contributed by atoms with E-state index in [-0.39, 0.29) is 12.5 Å². The van der Waals surface area contributed by atoms with Crippen LogP contribution >= 0.6 is 11.6 Å². The van der Waals surface area contributed by atoms with Crippen molar-refractivity contribution in [2.24, 2.45) is 5.10 Å². The molecule has 0 unspecified atom stereocenters. The Kier molecular flexibility index (Phi) is 8.83. The number of nitrogens with one attached hydrogen (secondary N) is 3. The molecule has 3 amide bonds. The van der Waals surface area contributed by atoms with Gasteiger partial charge >= 0.3 is 11.8 Å². The monoisotopic (exact) mass is 430 g/mol. The minimum atomic E-state index is -0.833. The summed E-state index contributed by atoms with van der Waals surface area (Å²) >= 11 is 5.94. The third-order valence-electron chi connectivity index (χ3n) is 3.85. The standard InChI is InChI=1S/C21H23ClN4O4/c1-3-10-23-20(28)21(29)26-24-12-15-5-8-17(9-6-15)30-13-19(27)25-18-11-16(22)7-4-14(18)2/h4-9,11-12H,3,10,13H2,1-2H3,(H,23,28)(H,25,27)(H,26,29)/b24-12-. The maximum atomic E-state index is 12.1. The van der Waals surface area contributed by atoms with E-state index in [1.807, 2.05) is 19.9 Å². The van der Waals surface area contributed by atoms with E-state index in [4.69, 9.17) is 16.3 Å². The zero-order valence-corrected chi connectivity index (χ0v) is 17.5. The van der Waals surface area contributed by atoms with Crippen LogP contribution in [0.4, 0.5) is 5.69 Å². The molecule has 2 aromatic carbocycles. The van der Waals surface area contributed by atoms with E-state index in [9.17, 15) is 14.4 Å². The van der Waals surface area contributed by atoms with Crippen molar-refractivity contribution < 1.29 is 19.1 Å². The number of halogens is 1. The van der Waals surface area contributed by atoms with Gasteiger partial charge in [0.05, 0.1) is 6.21 Å². The molecule has 0 saturated heterocycles. The van der Waals surface area contributed by atoms with Gasteiger partial charge in [0.1, 0.15) is 5.75 Å². The highest BCUT2D eigenvalue weighted by Crippen LogP contribution is 2.20.